The molecule has 0 bridgehead atoms. The second kappa shape index (κ2) is 5.93. The maximum atomic E-state index is 3.85. The quantitative estimate of drug-likeness (QED) is 0.755. The maximum absolute atomic E-state index is 3.85. The highest BCUT2D eigenvalue weighted by Gasteiger charge is 2.39. The van der Waals surface area contributed by atoms with Crippen LogP contribution in [0, 0.1) is 5.92 Å². The van der Waals surface area contributed by atoms with Crippen LogP contribution in [-0.2, 0) is 5.41 Å². The van der Waals surface area contributed by atoms with E-state index >= 15 is 0 Å². The first-order valence-electron chi connectivity index (χ1n) is 9.23. The van der Waals surface area contributed by atoms with Crippen molar-refractivity contribution in [2.45, 2.75) is 51.1 Å². The van der Waals surface area contributed by atoms with E-state index in [1.54, 1.807) is 0 Å². The summed E-state index contributed by atoms with van der Waals surface area (Å²) in [5.41, 5.74) is 5.77. The van der Waals surface area contributed by atoms with Crippen LogP contribution in [0.4, 0.5) is 5.69 Å². The van der Waals surface area contributed by atoms with Gasteiger partial charge in [0.25, 0.3) is 0 Å². The monoisotopic (exact) mass is 320 g/mol. The van der Waals surface area contributed by atoms with E-state index in [0.717, 1.165) is 6.54 Å². The molecule has 3 atom stereocenters. The zero-order valence-electron chi connectivity index (χ0n) is 15.0. The Morgan fingerprint density at radius 3 is 2.50 bits per heavy atom. The normalized spacial score (nSPS) is 26.2. The Morgan fingerprint density at radius 2 is 1.75 bits per heavy atom. The predicted molar refractivity (Wildman–Crippen MR) is 101 cm³/mol. The van der Waals surface area contributed by atoms with Gasteiger partial charge in [-0.05, 0) is 47.6 Å². The summed E-state index contributed by atoms with van der Waals surface area (Å²) in [5.74, 6) is 0.615. The minimum Gasteiger partial charge on any atom is -0.378 e. The third kappa shape index (κ3) is 2.73. The van der Waals surface area contributed by atoms with Crippen LogP contribution < -0.4 is 10.6 Å². The van der Waals surface area contributed by atoms with Crippen molar-refractivity contribution in [1.29, 1.82) is 0 Å². The van der Waals surface area contributed by atoms with E-state index in [2.05, 4.69) is 79.9 Å². The van der Waals surface area contributed by atoms with E-state index in [1.165, 1.54) is 35.2 Å². The van der Waals surface area contributed by atoms with Gasteiger partial charge in [-0.3, -0.25) is 0 Å². The van der Waals surface area contributed by atoms with Gasteiger partial charge < -0.3 is 10.6 Å². The molecule has 1 saturated heterocycles. The number of anilines is 1. The van der Waals surface area contributed by atoms with Gasteiger partial charge in [0.05, 0.1) is 6.04 Å². The summed E-state index contributed by atoms with van der Waals surface area (Å²) in [4.78, 5) is 0. The van der Waals surface area contributed by atoms with Crippen LogP contribution in [0.1, 0.15) is 62.4 Å². The number of benzene rings is 2. The Hall–Kier alpha value is -1.80. The fraction of sp³-hybridized carbons (Fsp3) is 0.455. The fourth-order valence-electron chi connectivity index (χ4n) is 4.30. The Kier molecular flexibility index (Phi) is 3.88. The van der Waals surface area contributed by atoms with Crippen molar-refractivity contribution in [2.24, 2.45) is 5.92 Å². The Balaban J connectivity index is 1.77. The van der Waals surface area contributed by atoms with Gasteiger partial charge in [-0.15, -0.1) is 0 Å². The van der Waals surface area contributed by atoms with Crippen LogP contribution in [0.2, 0.25) is 0 Å². The second-order valence-corrected chi connectivity index (χ2v) is 8.32. The molecule has 2 heteroatoms. The van der Waals surface area contributed by atoms with Crippen LogP contribution in [-0.4, -0.2) is 6.54 Å². The molecule has 0 radical (unpaired) electrons. The first-order valence-corrected chi connectivity index (χ1v) is 9.23. The highest BCUT2D eigenvalue weighted by atomic mass is 15.0. The van der Waals surface area contributed by atoms with E-state index < -0.39 is 0 Å². The third-order valence-corrected chi connectivity index (χ3v) is 5.66. The van der Waals surface area contributed by atoms with Gasteiger partial charge in [-0.2, -0.15) is 0 Å². The van der Waals surface area contributed by atoms with Gasteiger partial charge >= 0.3 is 0 Å². The Bertz CT molecular complexity index is 714. The van der Waals surface area contributed by atoms with Gasteiger partial charge in [0.1, 0.15) is 0 Å². The molecule has 1 fully saturated rings. The Morgan fingerprint density at radius 1 is 0.958 bits per heavy atom. The van der Waals surface area contributed by atoms with Crippen molar-refractivity contribution >= 4 is 5.69 Å². The van der Waals surface area contributed by atoms with Gasteiger partial charge in [-0.1, -0.05) is 63.2 Å². The van der Waals surface area contributed by atoms with Crippen molar-refractivity contribution < 1.29 is 0 Å². The average Bonchev–Trinajstić information content (AvgIpc) is 2.60. The molecule has 0 aliphatic carbocycles. The van der Waals surface area contributed by atoms with Crippen molar-refractivity contribution in [3.05, 3.63) is 65.2 Å². The molecule has 0 saturated carbocycles. The van der Waals surface area contributed by atoms with Crippen molar-refractivity contribution in [1.82, 2.24) is 5.32 Å². The molecular formula is C22H28N2. The average molecular weight is 320 g/mol. The third-order valence-electron chi connectivity index (χ3n) is 5.66. The van der Waals surface area contributed by atoms with Crippen molar-refractivity contribution in [3.8, 4) is 0 Å². The zero-order valence-corrected chi connectivity index (χ0v) is 15.0. The second-order valence-electron chi connectivity index (χ2n) is 8.32. The molecular weight excluding hydrogens is 292 g/mol. The van der Waals surface area contributed by atoms with Crippen LogP contribution in [0.15, 0.2) is 48.5 Å². The largest absolute Gasteiger partial charge is 0.378 e. The van der Waals surface area contributed by atoms with E-state index in [-0.39, 0.29) is 5.41 Å². The molecule has 2 aromatic rings. The summed E-state index contributed by atoms with van der Waals surface area (Å²) < 4.78 is 0. The number of nitrogens with one attached hydrogen (secondary N) is 2. The lowest BCUT2D eigenvalue weighted by Gasteiger charge is -2.44. The summed E-state index contributed by atoms with van der Waals surface area (Å²) in [6.07, 6.45) is 2.55. The summed E-state index contributed by atoms with van der Waals surface area (Å²) in [6, 6.07) is 18.8. The first-order chi connectivity index (χ1) is 11.5. The number of hydrogen-bond donors (Lipinski definition) is 2. The molecule has 2 N–H and O–H groups in total. The predicted octanol–water partition coefficient (Wildman–Crippen LogP) is 5.19. The van der Waals surface area contributed by atoms with Crippen LogP contribution in [0.3, 0.4) is 0 Å². The van der Waals surface area contributed by atoms with Gasteiger partial charge in [0, 0.05) is 17.6 Å². The highest BCUT2D eigenvalue weighted by molar-refractivity contribution is 5.59. The molecule has 24 heavy (non-hydrogen) atoms. The van der Waals surface area contributed by atoms with Crippen LogP contribution >= 0.6 is 0 Å². The lowest BCUT2D eigenvalue weighted by molar-refractivity contribution is 0.245. The molecule has 2 aliphatic rings. The first kappa shape index (κ1) is 15.7. The standard InChI is InChI=1S/C22H28N2/c1-22(2,3)16-11-12-19-18(14-16)21-17(10-7-13-23-21)20(24-19)15-8-5-4-6-9-15/h4-6,8-9,11-12,14,17,20-21,23-24H,7,10,13H2,1-3H3/t17-,20-,21-/m0/s1. The molecule has 0 spiro atoms. The molecule has 4 rings (SSSR count). The summed E-state index contributed by atoms with van der Waals surface area (Å²) in [5, 5.41) is 7.67. The minimum absolute atomic E-state index is 0.190. The molecule has 126 valence electrons. The van der Waals surface area contributed by atoms with Crippen LogP contribution in [0.5, 0.6) is 0 Å². The lowest BCUT2D eigenvalue weighted by Crippen LogP contribution is -2.42. The molecule has 2 aliphatic heterocycles. The number of rotatable bonds is 1. The molecule has 0 amide bonds. The molecule has 0 aromatic heterocycles. The molecule has 2 aromatic carbocycles. The Labute approximate surface area is 145 Å². The summed E-state index contributed by atoms with van der Waals surface area (Å²) in [6.45, 7) is 8.01. The molecule has 0 unspecified atom stereocenters. The number of hydrogen-bond acceptors (Lipinski definition) is 2. The van der Waals surface area contributed by atoms with Crippen molar-refractivity contribution in [3.63, 3.8) is 0 Å². The zero-order chi connectivity index (χ0) is 16.7. The fourth-order valence-corrected chi connectivity index (χ4v) is 4.30. The van der Waals surface area contributed by atoms with E-state index in [1.807, 2.05) is 0 Å². The summed E-state index contributed by atoms with van der Waals surface area (Å²) in [7, 11) is 0. The number of fused-ring (bicyclic) bond motifs is 3. The highest BCUT2D eigenvalue weighted by Crippen LogP contribution is 2.47. The van der Waals surface area contributed by atoms with Gasteiger partial charge in [-0.25, -0.2) is 0 Å². The topological polar surface area (TPSA) is 24.1 Å². The minimum atomic E-state index is 0.190. The van der Waals surface area contributed by atoms with E-state index in [9.17, 15) is 0 Å². The van der Waals surface area contributed by atoms with Crippen LogP contribution in [0.25, 0.3) is 0 Å². The van der Waals surface area contributed by atoms with E-state index in [4.69, 9.17) is 0 Å². The SMILES string of the molecule is CC(C)(C)c1ccc2c(c1)[C@H]1NCCC[C@H]1[C@H](c1ccccc1)N2. The summed E-state index contributed by atoms with van der Waals surface area (Å²) >= 11 is 0. The lowest BCUT2D eigenvalue weighted by atomic mass is 9.74. The molecule has 2 heterocycles. The number of piperidine rings is 1. The molecule has 2 nitrogen and oxygen atoms in total. The van der Waals surface area contributed by atoms with Gasteiger partial charge in [0.15, 0.2) is 0 Å². The van der Waals surface area contributed by atoms with E-state index in [0.29, 0.717) is 18.0 Å². The van der Waals surface area contributed by atoms with Gasteiger partial charge in [0.2, 0.25) is 0 Å². The smallest absolute Gasteiger partial charge is 0.0560 e. The maximum Gasteiger partial charge on any atom is 0.0560 e. The van der Waals surface area contributed by atoms with Crippen molar-refractivity contribution in [2.75, 3.05) is 11.9 Å².